The van der Waals surface area contributed by atoms with Gasteiger partial charge in [0.05, 0.1) is 15.9 Å². The second-order valence-electron chi connectivity index (χ2n) is 6.26. The summed E-state index contributed by atoms with van der Waals surface area (Å²) in [4.78, 5) is 12.6. The minimum Gasteiger partial charge on any atom is -0.391 e. The normalized spacial score (nSPS) is 22.7. The van der Waals surface area contributed by atoms with Gasteiger partial charge in [0.2, 0.25) is 10.0 Å². The minimum atomic E-state index is -3.69. The number of anilines is 1. The van der Waals surface area contributed by atoms with Crippen LogP contribution in [0.3, 0.4) is 0 Å². The highest BCUT2D eigenvalue weighted by Gasteiger charge is 2.31. The van der Waals surface area contributed by atoms with E-state index in [2.05, 4.69) is 0 Å². The van der Waals surface area contributed by atoms with E-state index < -0.39 is 21.1 Å². The van der Waals surface area contributed by atoms with Crippen molar-refractivity contribution in [2.45, 2.75) is 36.7 Å². The van der Waals surface area contributed by atoms with Gasteiger partial charge >= 0.3 is 0 Å². The molecular weight excluding hydrogens is 334 g/mol. The van der Waals surface area contributed by atoms with E-state index in [1.165, 1.54) is 16.4 Å². The highest BCUT2D eigenvalue weighted by molar-refractivity contribution is 7.89. The highest BCUT2D eigenvalue weighted by Crippen LogP contribution is 2.34. The third kappa shape index (κ3) is 3.24. The van der Waals surface area contributed by atoms with Crippen molar-refractivity contribution < 1.29 is 18.4 Å². The lowest BCUT2D eigenvalue weighted by Gasteiger charge is -2.31. The zero-order valence-electron chi connectivity index (χ0n) is 13.3. The van der Waals surface area contributed by atoms with Gasteiger partial charge in [0.25, 0.3) is 5.69 Å². The Kier molecular flexibility index (Phi) is 4.75. The number of sulfonamides is 1. The standard InChI is InChI=1S/C15H21N3O5S/c19-12-4-3-7-16(11-12)14-6-5-13(10-15(14)18(20)21)24(22,23)17-8-1-2-9-17/h5-6,10,12,19H,1-4,7-9,11H2/t12-/m0/s1. The molecule has 0 aliphatic carbocycles. The number of nitrogens with zero attached hydrogens (tertiary/aromatic N) is 3. The second kappa shape index (κ2) is 6.66. The number of β-amino-alcohol motifs (C(OH)–C–C–N with tert-alkyl or cyclic N) is 1. The third-order valence-electron chi connectivity index (χ3n) is 4.58. The molecule has 0 aromatic heterocycles. The van der Waals surface area contributed by atoms with E-state index >= 15 is 0 Å². The molecule has 1 atom stereocenters. The highest BCUT2D eigenvalue weighted by atomic mass is 32.2. The van der Waals surface area contributed by atoms with Crippen LogP contribution in [-0.2, 0) is 10.0 Å². The first kappa shape index (κ1) is 17.1. The van der Waals surface area contributed by atoms with Gasteiger partial charge < -0.3 is 10.0 Å². The third-order valence-corrected chi connectivity index (χ3v) is 6.48. The van der Waals surface area contributed by atoms with Crippen LogP contribution in [0.1, 0.15) is 25.7 Å². The van der Waals surface area contributed by atoms with Gasteiger partial charge in [-0.2, -0.15) is 4.31 Å². The van der Waals surface area contributed by atoms with Crippen LogP contribution in [0.25, 0.3) is 0 Å². The molecule has 0 spiro atoms. The second-order valence-corrected chi connectivity index (χ2v) is 8.20. The van der Waals surface area contributed by atoms with Gasteiger partial charge in [-0.1, -0.05) is 0 Å². The minimum absolute atomic E-state index is 0.0441. The number of benzene rings is 1. The molecule has 3 rings (SSSR count). The van der Waals surface area contributed by atoms with E-state index in [1.807, 2.05) is 0 Å². The molecule has 0 unspecified atom stereocenters. The molecule has 132 valence electrons. The smallest absolute Gasteiger partial charge is 0.293 e. The van der Waals surface area contributed by atoms with Crippen molar-refractivity contribution in [3.05, 3.63) is 28.3 Å². The van der Waals surface area contributed by atoms with Gasteiger partial charge in [0.1, 0.15) is 5.69 Å². The molecule has 9 heteroatoms. The van der Waals surface area contributed by atoms with Crippen LogP contribution in [0.15, 0.2) is 23.1 Å². The van der Waals surface area contributed by atoms with Crippen LogP contribution in [0.4, 0.5) is 11.4 Å². The van der Waals surface area contributed by atoms with Gasteiger partial charge in [-0.3, -0.25) is 10.1 Å². The Morgan fingerprint density at radius 1 is 1.17 bits per heavy atom. The average Bonchev–Trinajstić information content (AvgIpc) is 3.09. The van der Waals surface area contributed by atoms with Crippen LogP contribution in [0.2, 0.25) is 0 Å². The maximum Gasteiger partial charge on any atom is 0.293 e. The molecule has 1 aromatic carbocycles. The Labute approximate surface area is 140 Å². The average molecular weight is 355 g/mol. The molecule has 1 aromatic rings. The van der Waals surface area contributed by atoms with E-state index in [-0.39, 0.29) is 10.6 Å². The van der Waals surface area contributed by atoms with E-state index in [9.17, 15) is 23.6 Å². The Bertz CT molecular complexity index is 731. The first-order chi connectivity index (χ1) is 11.4. The van der Waals surface area contributed by atoms with Crippen LogP contribution in [0.5, 0.6) is 0 Å². The van der Waals surface area contributed by atoms with Gasteiger partial charge in [0, 0.05) is 32.2 Å². The van der Waals surface area contributed by atoms with Crippen molar-refractivity contribution in [3.8, 4) is 0 Å². The molecule has 2 fully saturated rings. The topological polar surface area (TPSA) is 104 Å². The summed E-state index contributed by atoms with van der Waals surface area (Å²) in [6.45, 7) is 1.83. The molecule has 1 N–H and O–H groups in total. The van der Waals surface area contributed by atoms with Crippen molar-refractivity contribution in [2.75, 3.05) is 31.1 Å². The van der Waals surface area contributed by atoms with Gasteiger partial charge in [0.15, 0.2) is 0 Å². The van der Waals surface area contributed by atoms with Crippen molar-refractivity contribution in [2.24, 2.45) is 0 Å². The summed E-state index contributed by atoms with van der Waals surface area (Å²) in [5.41, 5.74) is 0.128. The van der Waals surface area contributed by atoms with Gasteiger partial charge in [-0.15, -0.1) is 0 Å². The summed E-state index contributed by atoms with van der Waals surface area (Å²) in [5, 5.41) is 21.2. The summed E-state index contributed by atoms with van der Waals surface area (Å²) in [6.07, 6.45) is 2.51. The van der Waals surface area contributed by atoms with E-state index in [0.29, 0.717) is 38.3 Å². The van der Waals surface area contributed by atoms with Crippen molar-refractivity contribution in [3.63, 3.8) is 0 Å². The van der Waals surface area contributed by atoms with Crippen LogP contribution in [-0.4, -0.2) is 55.0 Å². The predicted molar refractivity (Wildman–Crippen MR) is 88.5 cm³/mol. The molecular formula is C15H21N3O5S. The Balaban J connectivity index is 1.97. The fraction of sp³-hybridized carbons (Fsp3) is 0.600. The summed E-state index contributed by atoms with van der Waals surface area (Å²) >= 11 is 0. The summed E-state index contributed by atoms with van der Waals surface area (Å²) in [5.74, 6) is 0. The first-order valence-corrected chi connectivity index (χ1v) is 9.55. The summed E-state index contributed by atoms with van der Waals surface area (Å²) in [7, 11) is -3.69. The van der Waals surface area contributed by atoms with E-state index in [4.69, 9.17) is 0 Å². The van der Waals surface area contributed by atoms with Gasteiger partial charge in [-0.25, -0.2) is 8.42 Å². The fourth-order valence-corrected chi connectivity index (χ4v) is 4.87. The van der Waals surface area contributed by atoms with Crippen molar-refractivity contribution >= 4 is 21.4 Å². The zero-order chi connectivity index (χ0) is 17.3. The molecule has 8 nitrogen and oxygen atoms in total. The molecule has 2 aliphatic heterocycles. The first-order valence-electron chi connectivity index (χ1n) is 8.11. The molecule has 2 heterocycles. The lowest BCUT2D eigenvalue weighted by atomic mass is 10.1. The number of rotatable bonds is 4. The lowest BCUT2D eigenvalue weighted by Crippen LogP contribution is -2.38. The number of nitro benzene ring substituents is 1. The molecule has 2 saturated heterocycles. The van der Waals surface area contributed by atoms with E-state index in [0.717, 1.165) is 25.3 Å². The largest absolute Gasteiger partial charge is 0.391 e. The van der Waals surface area contributed by atoms with Crippen LogP contribution < -0.4 is 4.90 Å². The molecule has 0 amide bonds. The summed E-state index contributed by atoms with van der Waals surface area (Å²) < 4.78 is 26.6. The Morgan fingerprint density at radius 2 is 1.88 bits per heavy atom. The maximum atomic E-state index is 12.6. The number of aliphatic hydroxyl groups excluding tert-OH is 1. The van der Waals surface area contributed by atoms with Crippen LogP contribution in [0, 0.1) is 10.1 Å². The predicted octanol–water partition coefficient (Wildman–Crippen LogP) is 1.34. The molecule has 0 radical (unpaired) electrons. The molecule has 0 bridgehead atoms. The SMILES string of the molecule is O=[N+]([O-])c1cc(S(=O)(=O)N2CCCC2)ccc1N1CCC[C@H](O)C1. The zero-order valence-corrected chi connectivity index (χ0v) is 14.1. The van der Waals surface area contributed by atoms with Gasteiger partial charge in [-0.05, 0) is 37.8 Å². The number of aliphatic hydroxyl groups is 1. The van der Waals surface area contributed by atoms with Crippen LogP contribution >= 0.6 is 0 Å². The Hall–Kier alpha value is -1.71. The number of piperidine rings is 1. The molecule has 24 heavy (non-hydrogen) atoms. The quantitative estimate of drug-likeness (QED) is 0.646. The number of hydrogen-bond acceptors (Lipinski definition) is 6. The monoisotopic (exact) mass is 355 g/mol. The summed E-state index contributed by atoms with van der Waals surface area (Å²) in [6, 6.07) is 4.06. The molecule has 0 saturated carbocycles. The number of hydrogen-bond donors (Lipinski definition) is 1. The maximum absolute atomic E-state index is 12.6. The number of nitro groups is 1. The molecule has 2 aliphatic rings. The van der Waals surface area contributed by atoms with Crippen molar-refractivity contribution in [1.29, 1.82) is 0 Å². The Morgan fingerprint density at radius 3 is 2.50 bits per heavy atom. The lowest BCUT2D eigenvalue weighted by molar-refractivity contribution is -0.384. The van der Waals surface area contributed by atoms with E-state index in [1.54, 1.807) is 4.90 Å². The fourth-order valence-electron chi connectivity index (χ4n) is 3.33. The van der Waals surface area contributed by atoms with Crippen molar-refractivity contribution in [1.82, 2.24) is 4.31 Å².